The van der Waals surface area contributed by atoms with Crippen molar-refractivity contribution >= 4 is 0 Å². The van der Waals surface area contributed by atoms with Gasteiger partial charge in [-0.15, -0.1) is 0 Å². The van der Waals surface area contributed by atoms with E-state index < -0.39 is 18.5 Å². The number of nitrogens with zero attached hydrogens (tertiary/aromatic N) is 3. The number of benzene rings is 1. The number of rotatable bonds is 4. The highest BCUT2D eigenvalue weighted by molar-refractivity contribution is 5.36. The number of ether oxygens (including phenoxy) is 1. The van der Waals surface area contributed by atoms with Crippen LogP contribution in [0.25, 0.3) is 10.4 Å². The van der Waals surface area contributed by atoms with Crippen LogP contribution in [0.3, 0.4) is 0 Å². The Morgan fingerprint density at radius 3 is 2.93 bits per heavy atom. The van der Waals surface area contributed by atoms with E-state index in [0.717, 1.165) is 0 Å². The van der Waals surface area contributed by atoms with Crippen LogP contribution in [0.1, 0.15) is 11.6 Å². The molecule has 1 atom stereocenters. The summed E-state index contributed by atoms with van der Waals surface area (Å²) in [5, 5.41) is 12.3. The van der Waals surface area contributed by atoms with Crippen LogP contribution in [0.15, 0.2) is 23.3 Å². The van der Waals surface area contributed by atoms with E-state index in [0.29, 0.717) is 11.3 Å². The van der Waals surface area contributed by atoms with Crippen LogP contribution in [0.5, 0.6) is 5.75 Å². The predicted molar refractivity (Wildman–Crippen MR) is 51.9 cm³/mol. The molecule has 0 aromatic heterocycles. The summed E-state index contributed by atoms with van der Waals surface area (Å²) in [7, 11) is 1.42. The van der Waals surface area contributed by atoms with E-state index in [1.165, 1.54) is 25.3 Å². The van der Waals surface area contributed by atoms with Crippen molar-refractivity contribution in [2.75, 3.05) is 13.7 Å². The van der Waals surface area contributed by atoms with Gasteiger partial charge in [-0.1, -0.05) is 5.11 Å². The third kappa shape index (κ3) is 2.59. The number of hydrogen-bond donors (Lipinski definition) is 1. The highest BCUT2D eigenvalue weighted by Gasteiger charge is 2.14. The molecule has 1 N–H and O–H groups in total. The van der Waals surface area contributed by atoms with Crippen molar-refractivity contribution in [2.45, 2.75) is 6.04 Å². The minimum absolute atomic E-state index is 0.331. The molecule has 0 radical (unpaired) electrons. The SMILES string of the molecule is COc1ccc(F)cc1C(CO)N=[N+]=[N-]. The van der Waals surface area contributed by atoms with Gasteiger partial charge in [0.25, 0.3) is 0 Å². The van der Waals surface area contributed by atoms with Crippen molar-refractivity contribution in [2.24, 2.45) is 5.11 Å². The zero-order valence-corrected chi connectivity index (χ0v) is 8.09. The second kappa shape index (κ2) is 5.19. The standard InChI is InChI=1S/C9H10FN3O2/c1-15-9-3-2-6(10)4-7(9)8(5-14)12-13-11/h2-4,8,14H,5H2,1H3. The summed E-state index contributed by atoms with van der Waals surface area (Å²) in [5.41, 5.74) is 8.61. The van der Waals surface area contributed by atoms with Crippen LogP contribution < -0.4 is 4.74 Å². The lowest BCUT2D eigenvalue weighted by molar-refractivity contribution is 0.264. The number of azide groups is 1. The summed E-state index contributed by atoms with van der Waals surface area (Å²) in [6, 6.07) is 2.99. The third-order valence-electron chi connectivity index (χ3n) is 1.91. The van der Waals surface area contributed by atoms with Gasteiger partial charge >= 0.3 is 0 Å². The molecule has 0 aliphatic carbocycles. The van der Waals surface area contributed by atoms with Gasteiger partial charge in [0.05, 0.1) is 19.8 Å². The molecule has 0 heterocycles. The molecule has 1 unspecified atom stereocenters. The molecule has 0 amide bonds. The Morgan fingerprint density at radius 1 is 1.67 bits per heavy atom. The zero-order valence-electron chi connectivity index (χ0n) is 8.09. The van der Waals surface area contributed by atoms with Crippen LogP contribution in [0.4, 0.5) is 4.39 Å². The largest absolute Gasteiger partial charge is 0.496 e. The zero-order chi connectivity index (χ0) is 11.3. The van der Waals surface area contributed by atoms with Crippen molar-refractivity contribution in [3.05, 3.63) is 40.0 Å². The third-order valence-corrected chi connectivity index (χ3v) is 1.91. The van der Waals surface area contributed by atoms with Gasteiger partial charge < -0.3 is 9.84 Å². The average Bonchev–Trinajstić information content (AvgIpc) is 2.26. The molecular weight excluding hydrogens is 201 g/mol. The first-order chi connectivity index (χ1) is 7.22. The number of halogens is 1. The first-order valence-corrected chi connectivity index (χ1v) is 4.21. The van der Waals surface area contributed by atoms with Crippen molar-refractivity contribution < 1.29 is 14.2 Å². The van der Waals surface area contributed by atoms with E-state index in [1.807, 2.05) is 0 Å². The van der Waals surface area contributed by atoms with Crippen molar-refractivity contribution in [1.82, 2.24) is 0 Å². The summed E-state index contributed by atoms with van der Waals surface area (Å²) < 4.78 is 17.9. The smallest absolute Gasteiger partial charge is 0.123 e. The summed E-state index contributed by atoms with van der Waals surface area (Å²) in [5.74, 6) is -0.0970. The van der Waals surface area contributed by atoms with Crippen molar-refractivity contribution in [3.63, 3.8) is 0 Å². The number of aliphatic hydroxyl groups is 1. The molecule has 0 fully saturated rings. The van der Waals surface area contributed by atoms with Gasteiger partial charge in [-0.2, -0.15) is 0 Å². The normalized spacial score (nSPS) is 11.7. The Bertz CT molecular complexity index is 391. The van der Waals surface area contributed by atoms with Crippen LogP contribution in [0, 0.1) is 5.82 Å². The Balaban J connectivity index is 3.19. The number of methoxy groups -OCH3 is 1. The molecule has 0 spiro atoms. The summed E-state index contributed by atoms with van der Waals surface area (Å²) in [4.78, 5) is 2.58. The van der Waals surface area contributed by atoms with Gasteiger partial charge in [0.1, 0.15) is 11.6 Å². The van der Waals surface area contributed by atoms with Gasteiger partial charge in [-0.3, -0.25) is 0 Å². The van der Waals surface area contributed by atoms with E-state index in [1.54, 1.807) is 0 Å². The molecular formula is C9H10FN3O2. The minimum atomic E-state index is -0.833. The fourth-order valence-electron chi connectivity index (χ4n) is 1.23. The predicted octanol–water partition coefficient (Wildman–Crippen LogP) is 2.18. The van der Waals surface area contributed by atoms with Gasteiger partial charge in [-0.05, 0) is 23.7 Å². The van der Waals surface area contributed by atoms with Gasteiger partial charge in [0, 0.05) is 10.5 Å². The Hall–Kier alpha value is -1.78. The maximum Gasteiger partial charge on any atom is 0.123 e. The molecule has 5 nitrogen and oxygen atoms in total. The maximum atomic E-state index is 12.9. The van der Waals surface area contributed by atoms with Gasteiger partial charge in [0.15, 0.2) is 0 Å². The molecule has 1 aromatic carbocycles. The van der Waals surface area contributed by atoms with Gasteiger partial charge in [0.2, 0.25) is 0 Å². The molecule has 0 saturated carbocycles. The summed E-state index contributed by atoms with van der Waals surface area (Å²) in [6.45, 7) is -0.399. The molecule has 0 aliphatic rings. The van der Waals surface area contributed by atoms with E-state index in [2.05, 4.69) is 10.0 Å². The molecule has 0 aliphatic heterocycles. The lowest BCUT2D eigenvalue weighted by Gasteiger charge is -2.12. The van der Waals surface area contributed by atoms with E-state index in [-0.39, 0.29) is 0 Å². The molecule has 1 aromatic rings. The first-order valence-electron chi connectivity index (χ1n) is 4.21. The maximum absolute atomic E-state index is 12.9. The van der Waals surface area contributed by atoms with E-state index in [9.17, 15) is 4.39 Å². The number of hydrogen-bond acceptors (Lipinski definition) is 3. The van der Waals surface area contributed by atoms with Crippen LogP contribution in [-0.2, 0) is 0 Å². The lowest BCUT2D eigenvalue weighted by Crippen LogP contribution is -2.03. The monoisotopic (exact) mass is 211 g/mol. The summed E-state index contributed by atoms with van der Waals surface area (Å²) >= 11 is 0. The highest BCUT2D eigenvalue weighted by atomic mass is 19.1. The molecule has 0 bridgehead atoms. The highest BCUT2D eigenvalue weighted by Crippen LogP contribution is 2.28. The fourth-order valence-corrected chi connectivity index (χ4v) is 1.23. The molecule has 6 heteroatoms. The van der Waals surface area contributed by atoms with Crippen LogP contribution in [-0.4, -0.2) is 18.8 Å². The molecule has 80 valence electrons. The quantitative estimate of drug-likeness (QED) is 0.470. The molecule has 0 saturated heterocycles. The van der Waals surface area contributed by atoms with Gasteiger partial charge in [-0.25, -0.2) is 4.39 Å². The van der Waals surface area contributed by atoms with Crippen molar-refractivity contribution in [1.29, 1.82) is 0 Å². The Morgan fingerprint density at radius 2 is 2.40 bits per heavy atom. The Labute approximate surface area is 85.7 Å². The van der Waals surface area contributed by atoms with Crippen LogP contribution in [0.2, 0.25) is 0 Å². The average molecular weight is 211 g/mol. The number of aliphatic hydroxyl groups excluding tert-OH is 1. The second-order valence-electron chi connectivity index (χ2n) is 2.79. The fraction of sp³-hybridized carbons (Fsp3) is 0.333. The second-order valence-corrected chi connectivity index (χ2v) is 2.79. The topological polar surface area (TPSA) is 78.2 Å². The lowest BCUT2D eigenvalue weighted by atomic mass is 10.1. The van der Waals surface area contributed by atoms with E-state index >= 15 is 0 Å². The molecule has 1 rings (SSSR count). The minimum Gasteiger partial charge on any atom is -0.496 e. The first kappa shape index (κ1) is 11.3. The van der Waals surface area contributed by atoms with Crippen LogP contribution >= 0.6 is 0 Å². The van der Waals surface area contributed by atoms with Crippen molar-refractivity contribution in [3.8, 4) is 5.75 Å². The Kier molecular flexibility index (Phi) is 3.91. The molecule has 15 heavy (non-hydrogen) atoms. The van der Waals surface area contributed by atoms with E-state index in [4.69, 9.17) is 15.4 Å². The summed E-state index contributed by atoms with van der Waals surface area (Å²) in [6.07, 6.45) is 0.